The molecule has 0 spiro atoms. The topological polar surface area (TPSA) is 16.4 Å². The van der Waals surface area contributed by atoms with Crippen LogP contribution in [0.5, 0.6) is 0 Å². The van der Waals surface area contributed by atoms with Crippen molar-refractivity contribution in [2.45, 2.75) is 19.3 Å². The van der Waals surface area contributed by atoms with E-state index in [9.17, 15) is 0 Å². The summed E-state index contributed by atoms with van der Waals surface area (Å²) in [6.45, 7) is 4.73. The largest absolute Gasteiger partial charge is 0.455 e. The monoisotopic (exact) mass is 577 g/mol. The highest BCUT2D eigenvalue weighted by molar-refractivity contribution is 6.25. The lowest BCUT2D eigenvalue weighted by Gasteiger charge is -2.29. The smallest absolute Gasteiger partial charge is 0.144 e. The van der Waals surface area contributed by atoms with Gasteiger partial charge in [-0.05, 0) is 69.4 Å². The molecule has 9 rings (SSSR count). The van der Waals surface area contributed by atoms with Gasteiger partial charge in [0.1, 0.15) is 11.2 Å². The fraction of sp³-hybridized carbons (Fsp3) is 0.0698. The summed E-state index contributed by atoms with van der Waals surface area (Å²) < 4.78 is 6.85. The molecule has 0 bridgehead atoms. The minimum absolute atomic E-state index is 0.229. The average Bonchev–Trinajstić information content (AvgIpc) is 3.60. The number of rotatable bonds is 4. The Kier molecular flexibility index (Phi) is 5.58. The molecular formula is C43H31NO. The molecule has 0 N–H and O–H groups in total. The Morgan fingerprint density at radius 3 is 1.84 bits per heavy atom. The number of nitrogens with zero attached hydrogens (tertiary/aromatic N) is 1. The number of para-hydroxylation sites is 2. The molecule has 1 aromatic heterocycles. The zero-order valence-electron chi connectivity index (χ0n) is 25.3. The van der Waals surface area contributed by atoms with Gasteiger partial charge in [0.25, 0.3) is 0 Å². The quantitative estimate of drug-likeness (QED) is 0.207. The van der Waals surface area contributed by atoms with Crippen LogP contribution in [0.4, 0.5) is 17.1 Å². The highest BCUT2D eigenvalue weighted by Gasteiger charge is 2.42. The van der Waals surface area contributed by atoms with Gasteiger partial charge in [-0.1, -0.05) is 129 Å². The second-order valence-corrected chi connectivity index (χ2v) is 12.5. The zero-order valence-corrected chi connectivity index (χ0v) is 25.3. The summed E-state index contributed by atoms with van der Waals surface area (Å²) in [5, 5.41) is 4.88. The molecule has 1 aliphatic carbocycles. The first kappa shape index (κ1) is 25.9. The Balaban J connectivity index is 1.36. The van der Waals surface area contributed by atoms with Crippen LogP contribution in [0.15, 0.2) is 156 Å². The predicted molar refractivity (Wildman–Crippen MR) is 189 cm³/mol. The average molecular weight is 578 g/mol. The van der Waals surface area contributed by atoms with Gasteiger partial charge in [-0.25, -0.2) is 0 Å². The van der Waals surface area contributed by atoms with Crippen molar-refractivity contribution in [1.82, 2.24) is 0 Å². The zero-order chi connectivity index (χ0) is 30.1. The molecule has 1 heterocycles. The fourth-order valence-electron chi connectivity index (χ4n) is 7.63. The van der Waals surface area contributed by atoms with Crippen molar-refractivity contribution in [2.24, 2.45) is 0 Å². The fourth-order valence-corrected chi connectivity index (χ4v) is 7.63. The Labute approximate surface area is 262 Å². The highest BCUT2D eigenvalue weighted by Crippen LogP contribution is 2.59. The third kappa shape index (κ3) is 3.76. The van der Waals surface area contributed by atoms with Crippen molar-refractivity contribution in [3.63, 3.8) is 0 Å². The normalized spacial score (nSPS) is 13.3. The van der Waals surface area contributed by atoms with E-state index in [1.165, 1.54) is 49.5 Å². The SMILES string of the molecule is CC1(C)c2cccc(N(c3ccccc3)c3ccc(-c4ccccc4)cc3)c2-c2c1c1ccccc1c1c2oc2ccccc21. The van der Waals surface area contributed by atoms with Crippen LogP contribution in [0.1, 0.15) is 25.0 Å². The van der Waals surface area contributed by atoms with Crippen LogP contribution in [0.2, 0.25) is 0 Å². The maximum Gasteiger partial charge on any atom is 0.144 e. The van der Waals surface area contributed by atoms with E-state index in [2.05, 4.69) is 170 Å². The number of benzene rings is 7. The summed E-state index contributed by atoms with van der Waals surface area (Å²) in [4.78, 5) is 2.41. The van der Waals surface area contributed by atoms with Crippen LogP contribution >= 0.6 is 0 Å². The molecule has 0 unspecified atom stereocenters. The first-order valence-electron chi connectivity index (χ1n) is 15.6. The number of hydrogen-bond acceptors (Lipinski definition) is 2. The molecule has 8 aromatic rings. The second-order valence-electron chi connectivity index (χ2n) is 12.5. The third-order valence-corrected chi connectivity index (χ3v) is 9.62. The van der Waals surface area contributed by atoms with Gasteiger partial charge in [-0.15, -0.1) is 0 Å². The van der Waals surface area contributed by atoms with E-state index in [0.717, 1.165) is 33.6 Å². The van der Waals surface area contributed by atoms with Gasteiger partial charge < -0.3 is 9.32 Å². The highest BCUT2D eigenvalue weighted by atomic mass is 16.3. The van der Waals surface area contributed by atoms with Gasteiger partial charge in [0.05, 0.1) is 5.69 Å². The van der Waals surface area contributed by atoms with E-state index in [4.69, 9.17) is 4.42 Å². The van der Waals surface area contributed by atoms with Crippen LogP contribution in [0.3, 0.4) is 0 Å². The molecule has 0 saturated carbocycles. The Hall–Kier alpha value is -5.60. The minimum atomic E-state index is -0.229. The number of hydrogen-bond donors (Lipinski definition) is 0. The first-order chi connectivity index (χ1) is 22.1. The molecule has 2 heteroatoms. The van der Waals surface area contributed by atoms with Crippen molar-refractivity contribution in [2.75, 3.05) is 4.90 Å². The van der Waals surface area contributed by atoms with Crippen molar-refractivity contribution in [3.8, 4) is 22.3 Å². The molecule has 0 amide bonds. The van der Waals surface area contributed by atoms with Gasteiger partial charge >= 0.3 is 0 Å². The summed E-state index contributed by atoms with van der Waals surface area (Å²) in [6.07, 6.45) is 0. The third-order valence-electron chi connectivity index (χ3n) is 9.62. The van der Waals surface area contributed by atoms with Crippen molar-refractivity contribution in [3.05, 3.63) is 163 Å². The molecule has 45 heavy (non-hydrogen) atoms. The summed E-state index contributed by atoms with van der Waals surface area (Å²) in [5.74, 6) is 0. The van der Waals surface area contributed by atoms with E-state index in [-0.39, 0.29) is 5.41 Å². The van der Waals surface area contributed by atoms with Crippen LogP contribution in [-0.4, -0.2) is 0 Å². The van der Waals surface area contributed by atoms with Crippen LogP contribution in [-0.2, 0) is 5.41 Å². The van der Waals surface area contributed by atoms with E-state index >= 15 is 0 Å². The molecule has 0 saturated heterocycles. The van der Waals surface area contributed by atoms with Crippen molar-refractivity contribution >= 4 is 49.8 Å². The Morgan fingerprint density at radius 1 is 0.489 bits per heavy atom. The minimum Gasteiger partial charge on any atom is -0.455 e. The Bertz CT molecular complexity index is 2380. The van der Waals surface area contributed by atoms with Gasteiger partial charge in [0, 0.05) is 38.7 Å². The summed E-state index contributed by atoms with van der Waals surface area (Å²) >= 11 is 0. The van der Waals surface area contributed by atoms with E-state index in [1.807, 2.05) is 0 Å². The van der Waals surface area contributed by atoms with Gasteiger partial charge in [0.2, 0.25) is 0 Å². The van der Waals surface area contributed by atoms with Crippen molar-refractivity contribution < 1.29 is 4.42 Å². The van der Waals surface area contributed by atoms with Crippen LogP contribution in [0.25, 0.3) is 55.0 Å². The summed E-state index contributed by atoms with van der Waals surface area (Å²) in [7, 11) is 0. The first-order valence-corrected chi connectivity index (χ1v) is 15.6. The summed E-state index contributed by atoms with van der Waals surface area (Å²) in [6, 6.07) is 54.3. The standard InChI is InChI=1S/C43H31NO/c1-43(2)35-21-13-22-36(44(30-16-7-4-8-17-30)31-26-24-29(25-27-31)28-14-5-3-6-15-28)39(35)40-41(43)33-19-10-9-18-32(33)38-34-20-11-12-23-37(34)45-42(38)40/h3-27H,1-2H3. The lowest BCUT2D eigenvalue weighted by Crippen LogP contribution is -2.16. The second kappa shape index (κ2) is 9.70. The number of anilines is 3. The van der Waals surface area contributed by atoms with E-state index < -0.39 is 0 Å². The summed E-state index contributed by atoms with van der Waals surface area (Å²) in [5.41, 5.74) is 12.5. The maximum atomic E-state index is 6.85. The number of fused-ring (bicyclic) bond motifs is 10. The lowest BCUT2D eigenvalue weighted by molar-refractivity contribution is 0.657. The van der Waals surface area contributed by atoms with Gasteiger partial charge in [0.15, 0.2) is 0 Å². The van der Waals surface area contributed by atoms with Crippen LogP contribution in [0, 0.1) is 0 Å². The molecule has 2 nitrogen and oxygen atoms in total. The molecular weight excluding hydrogens is 546 g/mol. The van der Waals surface area contributed by atoms with E-state index in [0.29, 0.717) is 0 Å². The molecule has 214 valence electrons. The predicted octanol–water partition coefficient (Wildman–Crippen LogP) is 12.2. The van der Waals surface area contributed by atoms with Crippen LogP contribution < -0.4 is 4.90 Å². The molecule has 0 aliphatic heterocycles. The molecule has 1 aliphatic rings. The Morgan fingerprint density at radius 2 is 1.09 bits per heavy atom. The molecule has 0 fully saturated rings. The van der Waals surface area contributed by atoms with E-state index in [1.54, 1.807) is 0 Å². The van der Waals surface area contributed by atoms with Gasteiger partial charge in [-0.2, -0.15) is 0 Å². The maximum absolute atomic E-state index is 6.85. The lowest BCUT2D eigenvalue weighted by atomic mass is 9.79. The molecule has 0 atom stereocenters. The molecule has 7 aromatic carbocycles. The number of furan rings is 1. The van der Waals surface area contributed by atoms with Gasteiger partial charge in [-0.3, -0.25) is 0 Å². The molecule has 0 radical (unpaired) electrons. The van der Waals surface area contributed by atoms with Crippen molar-refractivity contribution in [1.29, 1.82) is 0 Å².